The van der Waals surface area contributed by atoms with Crippen molar-refractivity contribution in [3.05, 3.63) is 0 Å². The Balaban J connectivity index is 3.82. The van der Waals surface area contributed by atoms with Gasteiger partial charge in [0.1, 0.15) is 0 Å². The summed E-state index contributed by atoms with van der Waals surface area (Å²) < 4.78 is 0.438. The Morgan fingerprint density at radius 3 is 2.08 bits per heavy atom. The van der Waals surface area contributed by atoms with Gasteiger partial charge in [-0.15, -0.1) is 0 Å². The first-order chi connectivity index (χ1) is 5.90. The van der Waals surface area contributed by atoms with E-state index in [0.29, 0.717) is 4.75 Å². The molecule has 0 aliphatic carbocycles. The van der Waals surface area contributed by atoms with Gasteiger partial charge in [-0.05, 0) is 12.3 Å². The number of thioether (sulfide) groups is 1. The molecule has 0 aromatic rings. The quantitative estimate of drug-likeness (QED) is 0.600. The lowest BCUT2D eigenvalue weighted by Gasteiger charge is -2.31. The molecular formula is C12H26S. The largest absolute Gasteiger partial charge is 0.152 e. The Kier molecular flexibility index (Phi) is 6.11. The van der Waals surface area contributed by atoms with Gasteiger partial charge in [-0.1, -0.05) is 54.4 Å². The van der Waals surface area contributed by atoms with Gasteiger partial charge in [0.15, 0.2) is 0 Å². The van der Waals surface area contributed by atoms with E-state index < -0.39 is 0 Å². The van der Waals surface area contributed by atoms with E-state index in [-0.39, 0.29) is 0 Å². The molecule has 0 aliphatic heterocycles. The predicted molar refractivity (Wildman–Crippen MR) is 65.5 cm³/mol. The van der Waals surface area contributed by atoms with Crippen molar-refractivity contribution in [3.8, 4) is 0 Å². The molecule has 0 aliphatic rings. The smallest absolute Gasteiger partial charge is 0.0129 e. The molecule has 0 saturated carbocycles. The standard InChI is InChI=1S/C12H26S/c1-7-8-9-11(4)13-12(5,6)10(2)3/h10-11H,7-9H2,1-6H3. The first-order valence-electron chi connectivity index (χ1n) is 5.58. The van der Waals surface area contributed by atoms with E-state index in [2.05, 4.69) is 53.3 Å². The van der Waals surface area contributed by atoms with Gasteiger partial charge in [-0.2, -0.15) is 11.8 Å². The summed E-state index contributed by atoms with van der Waals surface area (Å²) in [6.07, 6.45) is 4.08. The summed E-state index contributed by atoms with van der Waals surface area (Å²) in [5.74, 6) is 0.765. The van der Waals surface area contributed by atoms with Gasteiger partial charge >= 0.3 is 0 Å². The van der Waals surface area contributed by atoms with Crippen LogP contribution in [0.4, 0.5) is 0 Å². The first kappa shape index (κ1) is 13.4. The van der Waals surface area contributed by atoms with Gasteiger partial charge < -0.3 is 0 Å². The molecule has 80 valence electrons. The fourth-order valence-corrected chi connectivity index (χ4v) is 2.80. The SMILES string of the molecule is CCCCC(C)SC(C)(C)C(C)C. The van der Waals surface area contributed by atoms with Crippen molar-refractivity contribution < 1.29 is 0 Å². The minimum Gasteiger partial charge on any atom is -0.152 e. The topological polar surface area (TPSA) is 0 Å². The lowest BCUT2D eigenvalue weighted by molar-refractivity contribution is 0.500. The van der Waals surface area contributed by atoms with Gasteiger partial charge in [0.25, 0.3) is 0 Å². The number of rotatable bonds is 6. The van der Waals surface area contributed by atoms with Gasteiger partial charge in [0.05, 0.1) is 0 Å². The van der Waals surface area contributed by atoms with E-state index in [9.17, 15) is 0 Å². The highest BCUT2D eigenvalue weighted by Crippen LogP contribution is 2.36. The zero-order chi connectivity index (χ0) is 10.5. The maximum absolute atomic E-state index is 2.37. The zero-order valence-corrected chi connectivity index (χ0v) is 11.0. The highest BCUT2D eigenvalue weighted by Gasteiger charge is 2.24. The molecule has 0 amide bonds. The summed E-state index contributed by atoms with van der Waals surface area (Å²) >= 11 is 2.15. The van der Waals surface area contributed by atoms with Crippen LogP contribution in [0.1, 0.15) is 60.8 Å². The fourth-order valence-electron chi connectivity index (χ4n) is 1.21. The van der Waals surface area contributed by atoms with Crippen LogP contribution in [-0.2, 0) is 0 Å². The van der Waals surface area contributed by atoms with Crippen LogP contribution >= 0.6 is 11.8 Å². The van der Waals surface area contributed by atoms with Crippen molar-refractivity contribution in [1.29, 1.82) is 0 Å². The molecule has 0 fully saturated rings. The molecule has 0 aromatic heterocycles. The van der Waals surface area contributed by atoms with Gasteiger partial charge in [0, 0.05) is 10.00 Å². The van der Waals surface area contributed by atoms with E-state index in [1.807, 2.05) is 0 Å². The van der Waals surface area contributed by atoms with Crippen LogP contribution in [0.15, 0.2) is 0 Å². The summed E-state index contributed by atoms with van der Waals surface area (Å²) in [6.45, 7) is 14.0. The van der Waals surface area contributed by atoms with Crippen molar-refractivity contribution in [2.45, 2.75) is 70.8 Å². The second-order valence-electron chi connectivity index (χ2n) is 4.83. The van der Waals surface area contributed by atoms with Gasteiger partial charge in [-0.3, -0.25) is 0 Å². The third kappa shape index (κ3) is 5.61. The number of hydrogen-bond donors (Lipinski definition) is 0. The second kappa shape index (κ2) is 5.95. The third-order valence-electron chi connectivity index (χ3n) is 2.86. The molecule has 0 bridgehead atoms. The number of hydrogen-bond acceptors (Lipinski definition) is 1. The summed E-state index contributed by atoms with van der Waals surface area (Å²) in [5.41, 5.74) is 0. The summed E-state index contributed by atoms with van der Waals surface area (Å²) in [6, 6.07) is 0. The van der Waals surface area contributed by atoms with Crippen LogP contribution in [0.5, 0.6) is 0 Å². The van der Waals surface area contributed by atoms with Crippen LogP contribution in [0.25, 0.3) is 0 Å². The molecule has 0 heterocycles. The highest BCUT2D eigenvalue weighted by atomic mass is 32.2. The molecule has 0 aromatic carbocycles. The minimum atomic E-state index is 0.438. The molecule has 13 heavy (non-hydrogen) atoms. The van der Waals surface area contributed by atoms with Crippen LogP contribution in [0.3, 0.4) is 0 Å². The van der Waals surface area contributed by atoms with Gasteiger partial charge in [-0.25, -0.2) is 0 Å². The van der Waals surface area contributed by atoms with Crippen molar-refractivity contribution in [2.24, 2.45) is 5.92 Å². The van der Waals surface area contributed by atoms with Crippen LogP contribution in [0, 0.1) is 5.92 Å². The van der Waals surface area contributed by atoms with E-state index in [1.165, 1.54) is 19.3 Å². The van der Waals surface area contributed by atoms with E-state index in [0.717, 1.165) is 11.2 Å². The van der Waals surface area contributed by atoms with Crippen LogP contribution < -0.4 is 0 Å². The van der Waals surface area contributed by atoms with Crippen molar-refractivity contribution in [1.82, 2.24) is 0 Å². The maximum Gasteiger partial charge on any atom is 0.0129 e. The highest BCUT2D eigenvalue weighted by molar-refractivity contribution is 8.01. The fraction of sp³-hybridized carbons (Fsp3) is 1.00. The molecule has 1 atom stereocenters. The number of unbranched alkanes of at least 4 members (excludes halogenated alkanes) is 1. The Bertz CT molecular complexity index is 127. The summed E-state index contributed by atoms with van der Waals surface area (Å²) in [4.78, 5) is 0. The lowest BCUT2D eigenvalue weighted by Crippen LogP contribution is -2.25. The van der Waals surface area contributed by atoms with Gasteiger partial charge in [0.2, 0.25) is 0 Å². The normalized spacial score (nSPS) is 15.0. The van der Waals surface area contributed by atoms with Crippen molar-refractivity contribution >= 4 is 11.8 Å². The third-order valence-corrected chi connectivity index (χ3v) is 4.58. The molecule has 0 saturated heterocycles. The molecule has 0 rings (SSSR count). The second-order valence-corrected chi connectivity index (χ2v) is 6.92. The molecule has 0 nitrogen and oxygen atoms in total. The Morgan fingerprint density at radius 1 is 1.15 bits per heavy atom. The lowest BCUT2D eigenvalue weighted by atomic mass is 10.00. The minimum absolute atomic E-state index is 0.438. The van der Waals surface area contributed by atoms with Crippen LogP contribution in [-0.4, -0.2) is 10.00 Å². The Hall–Kier alpha value is 0.350. The summed E-state index contributed by atoms with van der Waals surface area (Å²) in [7, 11) is 0. The van der Waals surface area contributed by atoms with E-state index in [1.54, 1.807) is 0 Å². The monoisotopic (exact) mass is 202 g/mol. The Morgan fingerprint density at radius 2 is 1.69 bits per heavy atom. The van der Waals surface area contributed by atoms with E-state index in [4.69, 9.17) is 0 Å². The van der Waals surface area contributed by atoms with Crippen LogP contribution in [0.2, 0.25) is 0 Å². The molecule has 1 heteroatoms. The Labute approximate surface area is 88.9 Å². The average Bonchev–Trinajstić information content (AvgIpc) is 1.99. The molecule has 0 spiro atoms. The molecule has 0 radical (unpaired) electrons. The van der Waals surface area contributed by atoms with Crippen molar-refractivity contribution in [2.75, 3.05) is 0 Å². The molecule has 1 unspecified atom stereocenters. The predicted octanol–water partition coefficient (Wildman–Crippen LogP) is 4.73. The first-order valence-corrected chi connectivity index (χ1v) is 6.46. The molecule has 0 N–H and O–H groups in total. The average molecular weight is 202 g/mol. The summed E-state index contributed by atoms with van der Waals surface area (Å²) in [5, 5.41) is 0.817. The maximum atomic E-state index is 2.37. The molecular weight excluding hydrogens is 176 g/mol. The van der Waals surface area contributed by atoms with E-state index >= 15 is 0 Å². The van der Waals surface area contributed by atoms with Crippen molar-refractivity contribution in [3.63, 3.8) is 0 Å². The zero-order valence-electron chi connectivity index (χ0n) is 10.2.